The Balaban J connectivity index is 1.61. The summed E-state index contributed by atoms with van der Waals surface area (Å²) < 4.78 is 0. The van der Waals surface area contributed by atoms with Crippen molar-refractivity contribution in [1.82, 2.24) is 0 Å². The number of nitrogens with zero attached hydrogens (tertiary/aromatic N) is 1. The van der Waals surface area contributed by atoms with Crippen molar-refractivity contribution in [2.24, 2.45) is 39.7 Å². The van der Waals surface area contributed by atoms with Gasteiger partial charge in [0.15, 0.2) is 5.78 Å². The summed E-state index contributed by atoms with van der Waals surface area (Å²) in [4.78, 5) is 30.3. The lowest BCUT2D eigenvalue weighted by Crippen LogP contribution is -2.55. The third-order valence-electron chi connectivity index (χ3n) is 8.44. The van der Waals surface area contributed by atoms with Crippen LogP contribution in [0.4, 0.5) is 0 Å². The van der Waals surface area contributed by atoms with Crippen LogP contribution in [0, 0.1) is 34.5 Å². The van der Waals surface area contributed by atoms with E-state index in [1.165, 1.54) is 6.42 Å². The molecule has 6 atom stereocenters. The molecular formula is C22H31NO3. The molecule has 4 aliphatic rings. The van der Waals surface area contributed by atoms with Gasteiger partial charge >= 0.3 is 0 Å². The fourth-order valence-corrected chi connectivity index (χ4v) is 6.97. The number of Topliss-reactive ketones (excluding diaryl/α,β-unsaturated/α-hetero) is 2. The van der Waals surface area contributed by atoms with Gasteiger partial charge in [-0.1, -0.05) is 31.7 Å². The summed E-state index contributed by atoms with van der Waals surface area (Å²) in [7, 11) is 0. The summed E-state index contributed by atoms with van der Waals surface area (Å²) in [5.74, 6) is 2.88. The highest BCUT2D eigenvalue weighted by atomic mass is 16.6. The SMILES string of the molecule is C=CCON=C1C[C@@]2(C)C(CC[C@@H]3[C@@H]2CC[C@]2(C)C(=O)CC[C@@H]32)CC1=O. The van der Waals surface area contributed by atoms with Crippen LogP contribution in [0.1, 0.15) is 65.2 Å². The topological polar surface area (TPSA) is 55.7 Å². The van der Waals surface area contributed by atoms with Crippen LogP contribution in [0.2, 0.25) is 0 Å². The molecule has 4 fully saturated rings. The fraction of sp³-hybridized carbons (Fsp3) is 0.773. The predicted molar refractivity (Wildman–Crippen MR) is 101 cm³/mol. The number of ketones is 2. The fourth-order valence-electron chi connectivity index (χ4n) is 6.97. The zero-order chi connectivity index (χ0) is 18.5. The first-order chi connectivity index (χ1) is 12.4. The second kappa shape index (κ2) is 6.31. The standard InChI is InChI=1S/C22H31NO3/c1-4-11-26-23-18-13-22(3)14(12-19(18)24)5-6-15-16-7-8-20(25)21(16,2)10-9-17(15)22/h4,14-17H,1,5-13H2,2-3H3/t14?,15-,16-,17-,21-,22-/m0/s1. The zero-order valence-electron chi connectivity index (χ0n) is 16.1. The van der Waals surface area contributed by atoms with Crippen molar-refractivity contribution in [3.05, 3.63) is 12.7 Å². The Bertz CT molecular complexity index is 668. The monoisotopic (exact) mass is 357 g/mol. The Morgan fingerprint density at radius 1 is 1.19 bits per heavy atom. The zero-order valence-corrected chi connectivity index (χ0v) is 16.1. The average molecular weight is 357 g/mol. The molecule has 0 bridgehead atoms. The van der Waals surface area contributed by atoms with Crippen LogP contribution in [0.5, 0.6) is 0 Å². The van der Waals surface area contributed by atoms with E-state index >= 15 is 0 Å². The first kappa shape index (κ1) is 17.9. The second-order valence-corrected chi connectivity index (χ2v) is 9.50. The van der Waals surface area contributed by atoms with Gasteiger partial charge in [0, 0.05) is 24.7 Å². The van der Waals surface area contributed by atoms with Crippen LogP contribution >= 0.6 is 0 Å². The molecule has 0 aromatic carbocycles. The summed E-state index contributed by atoms with van der Waals surface area (Å²) in [6.45, 7) is 8.57. The lowest BCUT2D eigenvalue weighted by atomic mass is 9.45. The third kappa shape index (κ3) is 2.51. The molecule has 1 unspecified atom stereocenters. The molecule has 26 heavy (non-hydrogen) atoms. The predicted octanol–water partition coefficient (Wildman–Crippen LogP) is 4.34. The number of carbonyl (C=O) groups is 2. The molecule has 0 saturated heterocycles. The van der Waals surface area contributed by atoms with Gasteiger partial charge in [-0.05, 0) is 61.2 Å². The summed E-state index contributed by atoms with van der Waals surface area (Å²) >= 11 is 0. The van der Waals surface area contributed by atoms with E-state index in [-0.39, 0.29) is 16.6 Å². The minimum atomic E-state index is -0.0845. The van der Waals surface area contributed by atoms with Gasteiger partial charge in [-0.3, -0.25) is 9.59 Å². The molecular weight excluding hydrogens is 326 g/mol. The van der Waals surface area contributed by atoms with Crippen LogP contribution in [0.25, 0.3) is 0 Å². The van der Waals surface area contributed by atoms with E-state index in [0.717, 1.165) is 38.5 Å². The molecule has 0 N–H and O–H groups in total. The molecule has 4 saturated carbocycles. The highest BCUT2D eigenvalue weighted by molar-refractivity contribution is 6.40. The van der Waals surface area contributed by atoms with Crippen molar-refractivity contribution < 1.29 is 14.4 Å². The summed E-state index contributed by atoms with van der Waals surface area (Å²) in [6, 6.07) is 0. The maximum absolute atomic E-state index is 12.5. The van der Waals surface area contributed by atoms with Crippen molar-refractivity contribution in [2.75, 3.05) is 6.61 Å². The molecule has 0 amide bonds. The van der Waals surface area contributed by atoms with Gasteiger partial charge < -0.3 is 4.84 Å². The smallest absolute Gasteiger partial charge is 0.180 e. The number of hydrogen-bond donors (Lipinski definition) is 0. The Labute approximate surface area is 156 Å². The van der Waals surface area contributed by atoms with Crippen LogP contribution < -0.4 is 0 Å². The lowest BCUT2D eigenvalue weighted by molar-refractivity contribution is -0.138. The minimum absolute atomic E-state index is 0.0845. The Kier molecular flexibility index (Phi) is 4.36. The van der Waals surface area contributed by atoms with Gasteiger partial charge in [0.25, 0.3) is 0 Å². The largest absolute Gasteiger partial charge is 0.391 e. The van der Waals surface area contributed by atoms with Gasteiger partial charge in [0.1, 0.15) is 18.1 Å². The first-order valence-electron chi connectivity index (χ1n) is 10.3. The summed E-state index contributed by atoms with van der Waals surface area (Å²) in [5, 5.41) is 4.16. The van der Waals surface area contributed by atoms with Crippen molar-refractivity contribution in [1.29, 1.82) is 0 Å². The molecule has 4 rings (SSSR count). The quantitative estimate of drug-likeness (QED) is 0.429. The van der Waals surface area contributed by atoms with E-state index < -0.39 is 0 Å². The Morgan fingerprint density at radius 2 is 2.00 bits per heavy atom. The summed E-state index contributed by atoms with van der Waals surface area (Å²) in [5.41, 5.74) is 0.640. The van der Waals surface area contributed by atoms with Gasteiger partial charge in [0.05, 0.1) is 0 Å². The molecule has 0 aliphatic heterocycles. The molecule has 0 aromatic rings. The van der Waals surface area contributed by atoms with E-state index in [2.05, 4.69) is 25.6 Å². The highest BCUT2D eigenvalue weighted by Gasteiger charge is 2.60. The maximum atomic E-state index is 12.5. The number of fused-ring (bicyclic) bond motifs is 5. The number of carbonyl (C=O) groups excluding carboxylic acids is 2. The van der Waals surface area contributed by atoms with E-state index in [0.29, 0.717) is 48.2 Å². The van der Waals surface area contributed by atoms with Crippen molar-refractivity contribution >= 4 is 17.3 Å². The Hall–Kier alpha value is -1.45. The van der Waals surface area contributed by atoms with E-state index in [4.69, 9.17) is 4.84 Å². The number of oxime groups is 1. The van der Waals surface area contributed by atoms with E-state index in [9.17, 15) is 9.59 Å². The van der Waals surface area contributed by atoms with Crippen LogP contribution in [0.15, 0.2) is 17.8 Å². The molecule has 4 nitrogen and oxygen atoms in total. The molecule has 0 aromatic heterocycles. The normalized spacial score (nSPS) is 46.5. The van der Waals surface area contributed by atoms with Gasteiger partial charge in [-0.15, -0.1) is 0 Å². The van der Waals surface area contributed by atoms with Crippen molar-refractivity contribution in [3.63, 3.8) is 0 Å². The minimum Gasteiger partial charge on any atom is -0.391 e. The number of rotatable bonds is 3. The maximum Gasteiger partial charge on any atom is 0.180 e. The van der Waals surface area contributed by atoms with Crippen molar-refractivity contribution in [2.45, 2.75) is 65.2 Å². The molecule has 142 valence electrons. The average Bonchev–Trinajstić information content (AvgIpc) is 2.91. The van der Waals surface area contributed by atoms with Gasteiger partial charge in [-0.2, -0.15) is 0 Å². The van der Waals surface area contributed by atoms with Gasteiger partial charge in [-0.25, -0.2) is 0 Å². The molecule has 0 spiro atoms. The Morgan fingerprint density at radius 3 is 2.77 bits per heavy atom. The third-order valence-corrected chi connectivity index (χ3v) is 8.44. The first-order valence-corrected chi connectivity index (χ1v) is 10.3. The highest BCUT2D eigenvalue weighted by Crippen LogP contribution is 2.64. The number of hydrogen-bond acceptors (Lipinski definition) is 4. The molecule has 4 aliphatic carbocycles. The molecule has 0 radical (unpaired) electrons. The van der Waals surface area contributed by atoms with Gasteiger partial charge in [0.2, 0.25) is 0 Å². The lowest BCUT2D eigenvalue weighted by Gasteiger charge is -2.59. The van der Waals surface area contributed by atoms with Crippen molar-refractivity contribution in [3.8, 4) is 0 Å². The van der Waals surface area contributed by atoms with Crippen LogP contribution in [-0.4, -0.2) is 23.9 Å². The second-order valence-electron chi connectivity index (χ2n) is 9.50. The van der Waals surface area contributed by atoms with E-state index in [1.54, 1.807) is 6.08 Å². The molecule has 0 heterocycles. The van der Waals surface area contributed by atoms with Crippen LogP contribution in [-0.2, 0) is 14.4 Å². The molecule has 4 heteroatoms. The van der Waals surface area contributed by atoms with E-state index in [1.807, 2.05) is 0 Å². The summed E-state index contributed by atoms with van der Waals surface area (Å²) in [6.07, 6.45) is 9.26. The van der Waals surface area contributed by atoms with Crippen LogP contribution in [0.3, 0.4) is 0 Å².